The highest BCUT2D eigenvalue weighted by Crippen LogP contribution is 2.36. The number of sulfonamides is 1. The monoisotopic (exact) mass is 278 g/mol. The third-order valence-corrected chi connectivity index (χ3v) is 4.58. The lowest BCUT2D eigenvalue weighted by molar-refractivity contribution is -0.182. The fourth-order valence-electron chi connectivity index (χ4n) is 2.71. The predicted octanol–water partition coefficient (Wildman–Crippen LogP) is -0.802. The average Bonchev–Trinajstić information content (AvgIpc) is 2.24. The zero-order valence-corrected chi connectivity index (χ0v) is 11.7. The first-order valence-electron chi connectivity index (χ1n) is 6.27. The topological polar surface area (TPSA) is 87.7 Å². The summed E-state index contributed by atoms with van der Waals surface area (Å²) in [5.74, 6) is 0. The van der Waals surface area contributed by atoms with E-state index in [9.17, 15) is 13.5 Å². The second-order valence-corrected chi connectivity index (χ2v) is 7.51. The van der Waals surface area contributed by atoms with Crippen LogP contribution in [-0.4, -0.2) is 56.7 Å². The summed E-state index contributed by atoms with van der Waals surface area (Å²) in [5, 5.41) is 13.5. The van der Waals surface area contributed by atoms with Gasteiger partial charge in [-0.3, -0.25) is 0 Å². The summed E-state index contributed by atoms with van der Waals surface area (Å²) in [6.45, 7) is 3.52. The van der Waals surface area contributed by atoms with E-state index in [1.807, 2.05) is 0 Å². The van der Waals surface area contributed by atoms with Crippen molar-refractivity contribution in [3.05, 3.63) is 0 Å². The minimum absolute atomic E-state index is 0.167. The van der Waals surface area contributed by atoms with E-state index in [4.69, 9.17) is 4.74 Å². The molecule has 0 aliphatic carbocycles. The summed E-state index contributed by atoms with van der Waals surface area (Å²) in [7, 11) is -3.33. The van der Waals surface area contributed by atoms with E-state index in [0.29, 0.717) is 6.42 Å². The van der Waals surface area contributed by atoms with Gasteiger partial charge in [-0.1, -0.05) is 0 Å². The van der Waals surface area contributed by atoms with Gasteiger partial charge >= 0.3 is 0 Å². The molecule has 7 heteroatoms. The maximum Gasteiger partial charge on any atom is 0.209 e. The van der Waals surface area contributed by atoms with Gasteiger partial charge in [0.25, 0.3) is 0 Å². The molecule has 106 valence electrons. The molecule has 2 heterocycles. The Bertz CT molecular complexity index is 401. The normalized spacial score (nSPS) is 36.7. The Balaban J connectivity index is 2.14. The largest absolute Gasteiger partial charge is 0.386 e. The van der Waals surface area contributed by atoms with E-state index < -0.39 is 21.7 Å². The summed E-state index contributed by atoms with van der Waals surface area (Å²) in [6.07, 6.45) is 3.35. The summed E-state index contributed by atoms with van der Waals surface area (Å²) in [5.41, 5.74) is -1.45. The SMILES string of the molecule is C[C@]1(O)COC2(CCNCC2)C[C@@H]1NS(C)(=O)=O. The fraction of sp³-hybridized carbons (Fsp3) is 1.00. The Hall–Kier alpha value is -0.210. The van der Waals surface area contributed by atoms with Crippen LogP contribution in [0.3, 0.4) is 0 Å². The summed E-state index contributed by atoms with van der Waals surface area (Å²) in [4.78, 5) is 0. The van der Waals surface area contributed by atoms with Gasteiger partial charge in [0.05, 0.1) is 24.5 Å². The lowest BCUT2D eigenvalue weighted by atomic mass is 9.78. The Morgan fingerprint density at radius 3 is 2.56 bits per heavy atom. The molecule has 3 N–H and O–H groups in total. The molecule has 0 amide bonds. The van der Waals surface area contributed by atoms with Crippen LogP contribution in [0.5, 0.6) is 0 Å². The predicted molar refractivity (Wildman–Crippen MR) is 67.8 cm³/mol. The zero-order valence-electron chi connectivity index (χ0n) is 10.9. The van der Waals surface area contributed by atoms with Crippen molar-refractivity contribution >= 4 is 10.0 Å². The Morgan fingerprint density at radius 2 is 2.00 bits per heavy atom. The molecule has 2 fully saturated rings. The second kappa shape index (κ2) is 4.72. The van der Waals surface area contributed by atoms with Gasteiger partial charge in [0.2, 0.25) is 10.0 Å². The maximum absolute atomic E-state index is 11.4. The van der Waals surface area contributed by atoms with E-state index in [-0.39, 0.29) is 12.2 Å². The van der Waals surface area contributed by atoms with Crippen molar-refractivity contribution in [2.45, 2.75) is 43.4 Å². The smallest absolute Gasteiger partial charge is 0.209 e. The minimum atomic E-state index is -3.33. The van der Waals surface area contributed by atoms with Gasteiger partial charge in [0.1, 0.15) is 5.60 Å². The molecule has 2 aliphatic heterocycles. The molecular weight excluding hydrogens is 256 g/mol. The standard InChI is InChI=1S/C11H22N2O4S/c1-10(14)8-17-11(3-5-12-6-4-11)7-9(10)13-18(2,15)16/h9,12-14H,3-8H2,1-2H3/t9-,10-/m0/s1. The van der Waals surface area contributed by atoms with Crippen molar-refractivity contribution in [3.8, 4) is 0 Å². The lowest BCUT2D eigenvalue weighted by Crippen LogP contribution is -2.63. The van der Waals surface area contributed by atoms with Crippen LogP contribution in [0.2, 0.25) is 0 Å². The fourth-order valence-corrected chi connectivity index (χ4v) is 3.56. The molecular formula is C11H22N2O4S. The van der Waals surface area contributed by atoms with Gasteiger partial charge < -0.3 is 15.2 Å². The Kier molecular flexibility index (Phi) is 3.72. The minimum Gasteiger partial charge on any atom is -0.386 e. The number of nitrogens with one attached hydrogen (secondary N) is 2. The number of aliphatic hydroxyl groups is 1. The molecule has 2 atom stereocenters. The number of hydrogen-bond donors (Lipinski definition) is 3. The van der Waals surface area contributed by atoms with Gasteiger partial charge in [-0.25, -0.2) is 13.1 Å². The quantitative estimate of drug-likeness (QED) is 0.615. The zero-order chi connectivity index (χ0) is 13.4. The van der Waals surface area contributed by atoms with Gasteiger partial charge in [0, 0.05) is 0 Å². The molecule has 0 aromatic rings. The van der Waals surface area contributed by atoms with Crippen LogP contribution in [0.15, 0.2) is 0 Å². The third-order valence-electron chi connectivity index (χ3n) is 3.87. The van der Waals surface area contributed by atoms with Gasteiger partial charge in [-0.15, -0.1) is 0 Å². The first-order chi connectivity index (χ1) is 8.23. The van der Waals surface area contributed by atoms with Crippen LogP contribution in [0.25, 0.3) is 0 Å². The van der Waals surface area contributed by atoms with E-state index in [1.54, 1.807) is 6.92 Å². The van der Waals surface area contributed by atoms with Crippen molar-refractivity contribution in [2.24, 2.45) is 0 Å². The lowest BCUT2D eigenvalue weighted by Gasteiger charge is -2.49. The first-order valence-corrected chi connectivity index (χ1v) is 8.16. The number of ether oxygens (including phenoxy) is 1. The van der Waals surface area contributed by atoms with Gasteiger partial charge in [-0.2, -0.15) is 0 Å². The maximum atomic E-state index is 11.4. The molecule has 0 aromatic carbocycles. The molecule has 2 aliphatic rings. The molecule has 6 nitrogen and oxygen atoms in total. The molecule has 0 saturated carbocycles. The van der Waals surface area contributed by atoms with Crippen LogP contribution >= 0.6 is 0 Å². The molecule has 2 rings (SSSR count). The van der Waals surface area contributed by atoms with Crippen molar-refractivity contribution in [1.29, 1.82) is 0 Å². The number of piperidine rings is 1. The van der Waals surface area contributed by atoms with Crippen LogP contribution in [0.1, 0.15) is 26.2 Å². The van der Waals surface area contributed by atoms with E-state index in [2.05, 4.69) is 10.0 Å². The van der Waals surface area contributed by atoms with E-state index in [1.165, 1.54) is 0 Å². The van der Waals surface area contributed by atoms with Crippen LogP contribution in [-0.2, 0) is 14.8 Å². The van der Waals surface area contributed by atoms with Crippen molar-refractivity contribution in [3.63, 3.8) is 0 Å². The number of rotatable bonds is 2. The van der Waals surface area contributed by atoms with Crippen LogP contribution < -0.4 is 10.0 Å². The highest BCUT2D eigenvalue weighted by atomic mass is 32.2. The average molecular weight is 278 g/mol. The van der Waals surface area contributed by atoms with Crippen LogP contribution in [0, 0.1) is 0 Å². The van der Waals surface area contributed by atoms with Gasteiger partial charge in [-0.05, 0) is 39.3 Å². The molecule has 0 radical (unpaired) electrons. The Morgan fingerprint density at radius 1 is 1.39 bits per heavy atom. The van der Waals surface area contributed by atoms with E-state index in [0.717, 1.165) is 32.2 Å². The molecule has 0 aromatic heterocycles. The summed E-state index contributed by atoms with van der Waals surface area (Å²) < 4.78 is 31.1. The third kappa shape index (κ3) is 3.21. The second-order valence-electron chi connectivity index (χ2n) is 5.73. The molecule has 1 spiro atoms. The van der Waals surface area contributed by atoms with E-state index >= 15 is 0 Å². The molecule has 18 heavy (non-hydrogen) atoms. The van der Waals surface area contributed by atoms with Crippen molar-refractivity contribution in [2.75, 3.05) is 26.0 Å². The summed E-state index contributed by atoms with van der Waals surface area (Å²) >= 11 is 0. The van der Waals surface area contributed by atoms with Crippen molar-refractivity contribution < 1.29 is 18.3 Å². The highest BCUT2D eigenvalue weighted by molar-refractivity contribution is 7.88. The van der Waals surface area contributed by atoms with Gasteiger partial charge in [0.15, 0.2) is 0 Å². The highest BCUT2D eigenvalue weighted by Gasteiger charge is 2.48. The molecule has 0 unspecified atom stereocenters. The first kappa shape index (κ1) is 14.2. The molecule has 2 saturated heterocycles. The van der Waals surface area contributed by atoms with Crippen LogP contribution in [0.4, 0.5) is 0 Å². The molecule has 0 bridgehead atoms. The summed E-state index contributed by atoms with van der Waals surface area (Å²) in [6, 6.07) is -0.487. The number of hydrogen-bond acceptors (Lipinski definition) is 5. The Labute approximate surface area is 108 Å². The van der Waals surface area contributed by atoms with Crippen molar-refractivity contribution in [1.82, 2.24) is 10.0 Å².